The van der Waals surface area contributed by atoms with Crippen LogP contribution in [0.5, 0.6) is 0 Å². The highest BCUT2D eigenvalue weighted by Crippen LogP contribution is 2.32. The van der Waals surface area contributed by atoms with Gasteiger partial charge in [0.1, 0.15) is 5.82 Å². The smallest absolute Gasteiger partial charge is 0.416 e. The summed E-state index contributed by atoms with van der Waals surface area (Å²) in [4.78, 5) is 21.3. The van der Waals surface area contributed by atoms with Crippen molar-refractivity contribution in [3.8, 4) is 0 Å². The van der Waals surface area contributed by atoms with Gasteiger partial charge < -0.3 is 14.5 Å². The molecule has 4 rings (SSSR count). The van der Waals surface area contributed by atoms with Crippen LogP contribution >= 0.6 is 12.2 Å². The second kappa shape index (κ2) is 13.5. The summed E-state index contributed by atoms with van der Waals surface area (Å²) in [6.45, 7) is 7.50. The van der Waals surface area contributed by atoms with Crippen LogP contribution in [0.4, 0.5) is 23.8 Å². The number of alkyl halides is 3. The van der Waals surface area contributed by atoms with Crippen LogP contribution in [-0.2, 0) is 24.0 Å². The van der Waals surface area contributed by atoms with E-state index >= 15 is 0 Å². The minimum atomic E-state index is -4.48. The summed E-state index contributed by atoms with van der Waals surface area (Å²) in [5.41, 5.74) is 1.93. The summed E-state index contributed by atoms with van der Waals surface area (Å²) in [7, 11) is 0. The third-order valence-electron chi connectivity index (χ3n) is 7.39. The highest BCUT2D eigenvalue weighted by Gasteiger charge is 2.31. The number of nitrogens with zero attached hydrogens (tertiary/aromatic N) is 3. The molecular weight excluding hydrogens is 549 g/mol. The maximum Gasteiger partial charge on any atom is 0.416 e. The van der Waals surface area contributed by atoms with Gasteiger partial charge in [-0.1, -0.05) is 42.7 Å². The average Bonchev–Trinajstić information content (AvgIpc) is 3.43. The van der Waals surface area contributed by atoms with Gasteiger partial charge in [0, 0.05) is 37.1 Å². The van der Waals surface area contributed by atoms with Gasteiger partial charge >= 0.3 is 12.3 Å². The molecule has 220 valence electrons. The van der Waals surface area contributed by atoms with E-state index in [1.165, 1.54) is 25.7 Å². The number of benzene rings is 2. The number of ether oxygens (including phenoxy) is 1. The molecular formula is C31H37F3N4O2S. The number of amides is 1. The Morgan fingerprint density at radius 1 is 1.10 bits per heavy atom. The van der Waals surface area contributed by atoms with E-state index in [9.17, 15) is 18.0 Å². The highest BCUT2D eigenvalue weighted by molar-refractivity contribution is 7.80. The van der Waals surface area contributed by atoms with Crippen LogP contribution in [0.15, 0.2) is 48.5 Å². The number of anilines is 1. The maximum absolute atomic E-state index is 13.6. The van der Waals surface area contributed by atoms with Crippen molar-refractivity contribution in [1.82, 2.24) is 15.2 Å². The molecule has 1 amide bonds. The number of carbonyl (C=O) groups excluding carboxylic acids is 1. The van der Waals surface area contributed by atoms with Gasteiger partial charge in [-0.15, -0.1) is 0 Å². The first-order valence-corrected chi connectivity index (χ1v) is 14.5. The largest absolute Gasteiger partial charge is 0.450 e. The third-order valence-corrected chi connectivity index (χ3v) is 7.75. The molecule has 1 aliphatic carbocycles. The summed E-state index contributed by atoms with van der Waals surface area (Å²) in [5, 5.41) is 3.59. The number of hydrogen-bond donors (Lipinski definition) is 1. The minimum Gasteiger partial charge on any atom is -0.450 e. The van der Waals surface area contributed by atoms with E-state index in [1.807, 2.05) is 24.3 Å². The number of thiocarbonyl (C=S) groups is 1. The van der Waals surface area contributed by atoms with Gasteiger partial charge in [0.15, 0.2) is 5.11 Å². The fourth-order valence-electron chi connectivity index (χ4n) is 5.49. The zero-order chi connectivity index (χ0) is 29.6. The Morgan fingerprint density at radius 3 is 2.51 bits per heavy atom. The number of pyridine rings is 1. The molecule has 0 spiro atoms. The molecule has 0 unspecified atom stereocenters. The first kappa shape index (κ1) is 30.6. The number of fused-ring (bicyclic) bond motifs is 1. The molecule has 41 heavy (non-hydrogen) atoms. The number of alkyl carbamates (subject to hydrolysis) is 1. The molecule has 1 fully saturated rings. The van der Waals surface area contributed by atoms with E-state index in [0.29, 0.717) is 17.0 Å². The van der Waals surface area contributed by atoms with Gasteiger partial charge in [-0.2, -0.15) is 13.2 Å². The molecule has 0 radical (unpaired) electrons. The number of para-hydroxylation sites is 1. The van der Waals surface area contributed by atoms with Gasteiger partial charge in [0.2, 0.25) is 0 Å². The number of rotatable bonds is 9. The minimum absolute atomic E-state index is 0.0526. The van der Waals surface area contributed by atoms with Crippen molar-refractivity contribution in [2.45, 2.75) is 65.7 Å². The van der Waals surface area contributed by atoms with Crippen molar-refractivity contribution in [1.29, 1.82) is 0 Å². The normalized spacial score (nSPS) is 13.8. The van der Waals surface area contributed by atoms with Crippen LogP contribution in [0.2, 0.25) is 0 Å². The summed E-state index contributed by atoms with van der Waals surface area (Å²) >= 11 is 5.61. The van der Waals surface area contributed by atoms with Crippen LogP contribution in [0.25, 0.3) is 10.9 Å². The predicted molar refractivity (Wildman–Crippen MR) is 160 cm³/mol. The van der Waals surface area contributed by atoms with E-state index in [0.717, 1.165) is 47.5 Å². The van der Waals surface area contributed by atoms with Gasteiger partial charge in [-0.25, -0.2) is 9.78 Å². The molecule has 1 aromatic heterocycles. The molecule has 3 aromatic rings. The van der Waals surface area contributed by atoms with Crippen molar-refractivity contribution in [3.05, 3.63) is 70.8 Å². The quantitative estimate of drug-likeness (QED) is 0.261. The molecule has 10 heteroatoms. The average molecular weight is 587 g/mol. The van der Waals surface area contributed by atoms with Gasteiger partial charge in [0.25, 0.3) is 0 Å². The van der Waals surface area contributed by atoms with E-state index in [-0.39, 0.29) is 24.8 Å². The lowest BCUT2D eigenvalue weighted by atomic mass is 10.0. The fraction of sp³-hybridized carbons (Fsp3) is 0.452. The van der Waals surface area contributed by atoms with Crippen LogP contribution < -0.4 is 10.2 Å². The topological polar surface area (TPSA) is 57.7 Å². The maximum atomic E-state index is 13.6. The Labute approximate surface area is 244 Å². The van der Waals surface area contributed by atoms with Crippen LogP contribution in [0, 0.1) is 12.8 Å². The summed E-state index contributed by atoms with van der Waals surface area (Å²) < 4.78 is 45.9. The molecule has 2 aromatic carbocycles. The Kier molecular flexibility index (Phi) is 10.1. The van der Waals surface area contributed by atoms with Crippen molar-refractivity contribution in [2.24, 2.45) is 5.92 Å². The second-order valence-corrected chi connectivity index (χ2v) is 11.0. The lowest BCUT2D eigenvalue weighted by Gasteiger charge is -2.31. The molecule has 1 N–H and O–H groups in total. The SMILES string of the molecule is CCOC(=O)NC(=S)N(Cc1cc(C)cc(C(F)(F)F)c1)Cc1cc2ccccc2nc1N(CC)CC1CCCC1. The predicted octanol–water partition coefficient (Wildman–Crippen LogP) is 7.61. The first-order valence-electron chi connectivity index (χ1n) is 14.1. The fourth-order valence-corrected chi connectivity index (χ4v) is 5.70. The van der Waals surface area contributed by atoms with E-state index in [2.05, 4.69) is 23.2 Å². The van der Waals surface area contributed by atoms with E-state index < -0.39 is 17.8 Å². The van der Waals surface area contributed by atoms with E-state index in [4.69, 9.17) is 21.9 Å². The molecule has 1 saturated carbocycles. The van der Waals surface area contributed by atoms with Crippen LogP contribution in [0.1, 0.15) is 61.8 Å². The van der Waals surface area contributed by atoms with Crippen LogP contribution in [0.3, 0.4) is 0 Å². The zero-order valence-electron chi connectivity index (χ0n) is 23.8. The molecule has 0 bridgehead atoms. The number of nitrogens with one attached hydrogen (secondary N) is 1. The third kappa shape index (κ3) is 8.09. The Balaban J connectivity index is 1.74. The first-order chi connectivity index (χ1) is 19.6. The zero-order valence-corrected chi connectivity index (χ0v) is 24.6. The highest BCUT2D eigenvalue weighted by atomic mass is 32.1. The number of hydrogen-bond acceptors (Lipinski definition) is 5. The monoisotopic (exact) mass is 586 g/mol. The Bertz CT molecular complexity index is 1380. The standard InChI is InChI=1S/C31H37F3N4O2S/c1-4-37(18-22-10-6-7-11-22)28-25(17-24-12-8-9-13-27(24)35-28)20-38(29(41)36-30(39)40-5-2)19-23-14-21(3)15-26(16-23)31(32,33)34/h8-9,12-17,22H,4-7,10-11,18-20H2,1-3H3,(H,36,39,41). The summed E-state index contributed by atoms with van der Waals surface area (Å²) in [5.74, 6) is 1.41. The lowest BCUT2D eigenvalue weighted by molar-refractivity contribution is -0.137. The van der Waals surface area contributed by atoms with E-state index in [1.54, 1.807) is 24.8 Å². The molecule has 0 saturated heterocycles. The molecule has 1 heterocycles. The number of halogens is 3. The number of aromatic nitrogens is 1. The Hall–Kier alpha value is -3.40. The number of aryl methyl sites for hydroxylation is 1. The summed E-state index contributed by atoms with van der Waals surface area (Å²) in [6, 6.07) is 13.9. The van der Waals surface area contributed by atoms with Crippen molar-refractivity contribution in [3.63, 3.8) is 0 Å². The number of carbonyl (C=O) groups is 1. The molecule has 1 aliphatic rings. The Morgan fingerprint density at radius 2 is 1.83 bits per heavy atom. The van der Waals surface area contributed by atoms with Gasteiger partial charge in [-0.05, 0) is 81.6 Å². The molecule has 6 nitrogen and oxygen atoms in total. The molecule has 0 aliphatic heterocycles. The van der Waals surface area contributed by atoms with Gasteiger partial charge in [-0.3, -0.25) is 5.32 Å². The molecule has 0 atom stereocenters. The summed E-state index contributed by atoms with van der Waals surface area (Å²) in [6.07, 6.45) is -0.346. The van der Waals surface area contributed by atoms with Crippen molar-refractivity contribution in [2.75, 3.05) is 24.6 Å². The lowest BCUT2D eigenvalue weighted by Crippen LogP contribution is -2.42. The van der Waals surface area contributed by atoms with Gasteiger partial charge in [0.05, 0.1) is 17.7 Å². The van der Waals surface area contributed by atoms with Crippen LogP contribution in [-0.4, -0.2) is 40.8 Å². The second-order valence-electron chi connectivity index (χ2n) is 10.6. The van der Waals surface area contributed by atoms with Crippen molar-refractivity contribution < 1.29 is 22.7 Å². The van der Waals surface area contributed by atoms with Crippen molar-refractivity contribution >= 4 is 40.1 Å².